The van der Waals surface area contributed by atoms with Gasteiger partial charge in [-0.05, 0) is 35.4 Å². The molecule has 0 saturated carbocycles. The first-order valence-corrected chi connectivity index (χ1v) is 14.0. The lowest BCUT2D eigenvalue weighted by atomic mass is 10.1. The molecular formula is C25H25FN9O4S+. The Hall–Kier alpha value is -4.63. The summed E-state index contributed by atoms with van der Waals surface area (Å²) in [6, 6.07) is 10.2. The zero-order valence-electron chi connectivity index (χ0n) is 21.7. The molecule has 0 aliphatic carbocycles. The smallest absolute Gasteiger partial charge is 0.297 e. The van der Waals surface area contributed by atoms with Gasteiger partial charge in [0.25, 0.3) is 21.8 Å². The van der Waals surface area contributed by atoms with Crippen LogP contribution in [0.25, 0.3) is 11.4 Å². The van der Waals surface area contributed by atoms with Gasteiger partial charge < -0.3 is 10.6 Å². The number of carbonyl (C=O) groups excluding carboxylic acids is 2. The van der Waals surface area contributed by atoms with Crippen molar-refractivity contribution in [3.8, 4) is 11.4 Å². The average Bonchev–Trinajstić information content (AvgIpc) is 3.52. The number of nitrogens with one attached hydrogen (secondary N) is 3. The fraction of sp³-hybridized carbons (Fsp3) is 0.240. The van der Waals surface area contributed by atoms with Gasteiger partial charge in [0.1, 0.15) is 36.1 Å². The Morgan fingerprint density at radius 2 is 1.85 bits per heavy atom. The molecule has 0 saturated heterocycles. The zero-order chi connectivity index (χ0) is 28.6. The monoisotopic (exact) mass is 566 g/mol. The molecule has 206 valence electrons. The highest BCUT2D eigenvalue weighted by molar-refractivity contribution is 7.84. The van der Waals surface area contributed by atoms with Crippen LogP contribution in [0, 0.1) is 12.7 Å². The van der Waals surface area contributed by atoms with E-state index in [-0.39, 0.29) is 34.6 Å². The van der Waals surface area contributed by atoms with Crippen molar-refractivity contribution in [2.45, 2.75) is 19.5 Å². The van der Waals surface area contributed by atoms with Crippen LogP contribution in [0.2, 0.25) is 0 Å². The zero-order valence-corrected chi connectivity index (χ0v) is 22.5. The van der Waals surface area contributed by atoms with Crippen LogP contribution in [0.5, 0.6) is 0 Å². The molecule has 1 aliphatic heterocycles. The number of fused-ring (bicyclic) bond motifs is 1. The highest BCUT2D eigenvalue weighted by atomic mass is 32.2. The van der Waals surface area contributed by atoms with Gasteiger partial charge in [-0.15, -0.1) is 10.2 Å². The van der Waals surface area contributed by atoms with Gasteiger partial charge in [-0.2, -0.15) is 17.5 Å². The Labute approximate surface area is 228 Å². The Bertz CT molecular complexity index is 1740. The first-order valence-electron chi connectivity index (χ1n) is 12.1. The summed E-state index contributed by atoms with van der Waals surface area (Å²) in [5.41, 5.74) is 2.74. The number of aryl methyl sites for hydroxylation is 2. The van der Waals surface area contributed by atoms with Gasteiger partial charge in [-0.3, -0.25) is 9.59 Å². The second-order valence-corrected chi connectivity index (χ2v) is 11.4. The van der Waals surface area contributed by atoms with Crippen LogP contribution in [0.4, 0.5) is 10.1 Å². The topological polar surface area (TPSA) is 166 Å². The summed E-state index contributed by atoms with van der Waals surface area (Å²) >= 11 is 0. The normalized spacial score (nSPS) is 16.4. The second-order valence-electron chi connectivity index (χ2n) is 9.38. The number of sulfonamides is 1. The van der Waals surface area contributed by atoms with Crippen LogP contribution in [-0.4, -0.2) is 63.2 Å². The largest absolute Gasteiger partial charge is 0.347 e. The Balaban J connectivity index is 1.33. The van der Waals surface area contributed by atoms with Crippen LogP contribution in [-0.2, 0) is 23.6 Å². The summed E-state index contributed by atoms with van der Waals surface area (Å²) in [6.45, 7) is 1.82. The Kier molecular flexibility index (Phi) is 7.08. The standard InChI is InChI=1S/C25H24FN9O4S/c1-14-8-15(4-7-18(14)26)11-27-24(36)19-10-20(29-13-28-19)25(37)30-21-12-35(40(3,38)39)22-9-16(5-6-17(21)22)23-31-33-34(2)32-23/h4-10,13,21H,11-12H2,1-3H3,(H,27,36)(H,30,37)/p+1. The highest BCUT2D eigenvalue weighted by Gasteiger charge is 2.40. The molecule has 3 N–H and O–H groups in total. The number of carbonyl (C=O) groups is 2. The van der Waals surface area contributed by atoms with Crippen molar-refractivity contribution in [1.82, 2.24) is 40.8 Å². The molecular weight excluding hydrogens is 541 g/mol. The molecule has 2 amide bonds. The van der Waals surface area contributed by atoms with Crippen LogP contribution in [0.15, 0.2) is 48.8 Å². The van der Waals surface area contributed by atoms with Crippen LogP contribution in [0.1, 0.15) is 43.7 Å². The van der Waals surface area contributed by atoms with Crippen molar-refractivity contribution in [3.63, 3.8) is 0 Å². The van der Waals surface area contributed by atoms with E-state index in [9.17, 15) is 22.4 Å². The molecule has 0 bridgehead atoms. The predicted molar refractivity (Wildman–Crippen MR) is 139 cm³/mol. The summed E-state index contributed by atoms with van der Waals surface area (Å²) < 4.78 is 38.9. The number of tetrazole rings is 1. The maximum absolute atomic E-state index is 13.5. The third-order valence-electron chi connectivity index (χ3n) is 6.45. The molecule has 0 radical (unpaired) electrons. The fourth-order valence-corrected chi connectivity index (χ4v) is 5.50. The molecule has 4 aromatic rings. The van der Waals surface area contributed by atoms with Crippen molar-refractivity contribution in [2.24, 2.45) is 7.05 Å². The highest BCUT2D eigenvalue weighted by Crippen LogP contribution is 2.29. The maximum atomic E-state index is 13.5. The van der Waals surface area contributed by atoms with E-state index in [1.807, 2.05) is 0 Å². The molecule has 40 heavy (non-hydrogen) atoms. The lowest BCUT2D eigenvalue weighted by Gasteiger charge is -2.13. The molecule has 1 aliphatic rings. The van der Waals surface area contributed by atoms with Crippen molar-refractivity contribution in [1.29, 1.82) is 0 Å². The predicted octanol–water partition coefficient (Wildman–Crippen LogP) is 0.00532. The molecule has 2 aromatic heterocycles. The van der Waals surface area contributed by atoms with Crippen LogP contribution >= 0.6 is 0 Å². The van der Waals surface area contributed by atoms with E-state index in [2.05, 4.69) is 36.0 Å². The van der Waals surface area contributed by atoms with E-state index in [4.69, 9.17) is 0 Å². The summed E-state index contributed by atoms with van der Waals surface area (Å²) in [5.74, 6) is -1.14. The van der Waals surface area contributed by atoms with Gasteiger partial charge >= 0.3 is 0 Å². The molecule has 15 heteroatoms. The van der Waals surface area contributed by atoms with Gasteiger partial charge in [0.2, 0.25) is 5.82 Å². The number of nitrogens with zero attached hydrogens (tertiary/aromatic N) is 6. The lowest BCUT2D eigenvalue weighted by molar-refractivity contribution is -0.684. The molecule has 2 aromatic carbocycles. The summed E-state index contributed by atoms with van der Waals surface area (Å²) in [7, 11) is -1.97. The second kappa shape index (κ2) is 10.5. The van der Waals surface area contributed by atoms with E-state index < -0.39 is 27.9 Å². The SMILES string of the molecule is Cc1cc(CNC(=O)c2cc(C(=O)NC3C[NH+](S(C)(=O)=O)c4cc(-c5nnn(C)n5)ccc43)ncn2)ccc1F. The van der Waals surface area contributed by atoms with Crippen molar-refractivity contribution in [3.05, 3.63) is 82.7 Å². The van der Waals surface area contributed by atoms with Crippen molar-refractivity contribution in [2.75, 3.05) is 12.8 Å². The van der Waals surface area contributed by atoms with E-state index in [0.29, 0.717) is 33.8 Å². The van der Waals surface area contributed by atoms with Gasteiger partial charge in [0.05, 0.1) is 13.3 Å². The molecule has 0 spiro atoms. The van der Waals surface area contributed by atoms with E-state index in [1.165, 1.54) is 16.9 Å². The van der Waals surface area contributed by atoms with Crippen molar-refractivity contribution >= 4 is 27.5 Å². The number of benzene rings is 2. The van der Waals surface area contributed by atoms with Crippen LogP contribution in [0.3, 0.4) is 0 Å². The number of quaternary nitrogens is 1. The molecule has 3 heterocycles. The minimum Gasteiger partial charge on any atom is -0.347 e. The Morgan fingerprint density at radius 1 is 1.10 bits per heavy atom. The molecule has 0 fully saturated rings. The number of hydrogen-bond donors (Lipinski definition) is 3. The number of amides is 2. The lowest BCUT2D eigenvalue weighted by Crippen LogP contribution is -3.08. The molecule has 13 nitrogen and oxygen atoms in total. The van der Waals surface area contributed by atoms with E-state index in [0.717, 1.165) is 12.6 Å². The average molecular weight is 567 g/mol. The third kappa shape index (κ3) is 5.55. The number of hydrogen-bond acceptors (Lipinski definition) is 9. The fourth-order valence-electron chi connectivity index (χ4n) is 4.45. The summed E-state index contributed by atoms with van der Waals surface area (Å²) in [4.78, 5) is 35.0. The number of halogens is 1. The van der Waals surface area contributed by atoms with Gasteiger partial charge in [-0.25, -0.2) is 14.4 Å². The van der Waals surface area contributed by atoms with Crippen LogP contribution < -0.4 is 14.9 Å². The van der Waals surface area contributed by atoms with Gasteiger partial charge in [-0.1, -0.05) is 18.2 Å². The van der Waals surface area contributed by atoms with Gasteiger partial charge in [0.15, 0.2) is 5.69 Å². The summed E-state index contributed by atoms with van der Waals surface area (Å²) in [6.07, 6.45) is 2.22. The first-order chi connectivity index (χ1) is 19.0. The van der Waals surface area contributed by atoms with E-state index >= 15 is 0 Å². The number of rotatable bonds is 7. The quantitative estimate of drug-likeness (QED) is 0.279. The molecule has 5 rings (SSSR count). The first kappa shape index (κ1) is 27.0. The third-order valence-corrected chi connectivity index (χ3v) is 7.73. The summed E-state index contributed by atoms with van der Waals surface area (Å²) in [5, 5.41) is 17.5. The molecule has 2 atom stereocenters. The number of aromatic nitrogens is 6. The van der Waals surface area contributed by atoms with Crippen molar-refractivity contribution < 1.29 is 26.7 Å². The van der Waals surface area contributed by atoms with E-state index in [1.54, 1.807) is 44.3 Å². The Morgan fingerprint density at radius 3 is 2.52 bits per heavy atom. The van der Waals surface area contributed by atoms with Gasteiger partial charge in [0, 0.05) is 29.8 Å². The molecule has 2 unspecified atom stereocenters. The maximum Gasteiger partial charge on any atom is 0.297 e. The minimum atomic E-state index is -3.59. The minimum absolute atomic E-state index is 0.0321.